The van der Waals surface area contributed by atoms with Gasteiger partial charge < -0.3 is 9.64 Å². The first kappa shape index (κ1) is 24.2. The van der Waals surface area contributed by atoms with E-state index in [1.165, 1.54) is 0 Å². The van der Waals surface area contributed by atoms with Gasteiger partial charge in [0.2, 0.25) is 0 Å². The molecule has 7 heteroatoms. The lowest BCUT2D eigenvalue weighted by atomic mass is 9.84. The van der Waals surface area contributed by atoms with E-state index in [0.717, 1.165) is 37.1 Å². The molecule has 2 aliphatic rings. The van der Waals surface area contributed by atoms with Gasteiger partial charge in [-0.1, -0.05) is 38.1 Å². The Bertz CT molecular complexity index is 1310. The summed E-state index contributed by atoms with van der Waals surface area (Å²) in [7, 11) is 0. The highest BCUT2D eigenvalue weighted by molar-refractivity contribution is 5.96. The van der Waals surface area contributed by atoms with Crippen molar-refractivity contribution in [3.8, 4) is 16.8 Å². The second kappa shape index (κ2) is 9.52. The SMILES string of the molecule is CCOC(=O)c1cnn(-c2cccc(-c3cccc(C(=O)N4CCCC(C)(C)C4)c3F)c2)c1C1CC1. The number of halogens is 1. The van der Waals surface area contributed by atoms with E-state index in [1.54, 1.807) is 40.9 Å². The van der Waals surface area contributed by atoms with Crippen LogP contribution < -0.4 is 0 Å². The van der Waals surface area contributed by atoms with E-state index in [1.807, 2.05) is 24.3 Å². The van der Waals surface area contributed by atoms with Crippen LogP contribution in [0, 0.1) is 11.2 Å². The lowest BCUT2D eigenvalue weighted by Gasteiger charge is -2.38. The number of aromatic nitrogens is 2. The van der Waals surface area contributed by atoms with Crippen molar-refractivity contribution in [2.45, 2.75) is 52.4 Å². The Balaban J connectivity index is 1.49. The fraction of sp³-hybridized carbons (Fsp3) is 0.414. The van der Waals surface area contributed by atoms with Crippen molar-refractivity contribution in [2.75, 3.05) is 19.7 Å². The molecule has 1 saturated heterocycles. The summed E-state index contributed by atoms with van der Waals surface area (Å²) < 4.78 is 22.8. The molecule has 0 unspecified atom stereocenters. The Labute approximate surface area is 211 Å². The topological polar surface area (TPSA) is 64.4 Å². The Kier molecular flexibility index (Phi) is 6.41. The number of hydrogen-bond acceptors (Lipinski definition) is 4. The number of carbonyl (C=O) groups excluding carboxylic acids is 2. The Morgan fingerprint density at radius 2 is 1.92 bits per heavy atom. The summed E-state index contributed by atoms with van der Waals surface area (Å²) in [5.74, 6) is -0.902. The monoisotopic (exact) mass is 489 g/mol. The van der Waals surface area contributed by atoms with Crippen LogP contribution >= 0.6 is 0 Å². The van der Waals surface area contributed by atoms with Gasteiger partial charge in [0.1, 0.15) is 11.4 Å². The third kappa shape index (κ3) is 4.66. The molecule has 2 aromatic carbocycles. The Morgan fingerprint density at radius 3 is 2.64 bits per heavy atom. The first-order chi connectivity index (χ1) is 17.3. The van der Waals surface area contributed by atoms with E-state index in [9.17, 15) is 9.59 Å². The van der Waals surface area contributed by atoms with E-state index in [2.05, 4.69) is 18.9 Å². The molecule has 0 atom stereocenters. The van der Waals surface area contributed by atoms with Crippen LogP contribution in [0.5, 0.6) is 0 Å². The molecule has 1 aliphatic carbocycles. The first-order valence-electron chi connectivity index (χ1n) is 12.7. The van der Waals surface area contributed by atoms with Gasteiger partial charge in [0.15, 0.2) is 0 Å². The summed E-state index contributed by atoms with van der Waals surface area (Å²) in [6, 6.07) is 12.4. The fourth-order valence-electron chi connectivity index (χ4n) is 5.17. The predicted molar refractivity (Wildman–Crippen MR) is 136 cm³/mol. The molecule has 2 heterocycles. The maximum atomic E-state index is 15.8. The number of likely N-dealkylation sites (tertiary alicyclic amines) is 1. The fourth-order valence-corrected chi connectivity index (χ4v) is 5.17. The maximum Gasteiger partial charge on any atom is 0.341 e. The number of amides is 1. The van der Waals surface area contributed by atoms with E-state index >= 15 is 4.39 Å². The molecule has 0 spiro atoms. The molecule has 36 heavy (non-hydrogen) atoms. The average molecular weight is 490 g/mol. The maximum absolute atomic E-state index is 15.8. The Hall–Kier alpha value is -3.48. The van der Waals surface area contributed by atoms with Gasteiger partial charge in [-0.25, -0.2) is 13.9 Å². The highest BCUT2D eigenvalue weighted by Gasteiger charge is 2.34. The lowest BCUT2D eigenvalue weighted by molar-refractivity contribution is 0.0524. The molecular weight excluding hydrogens is 457 g/mol. The number of hydrogen-bond donors (Lipinski definition) is 0. The predicted octanol–water partition coefficient (Wildman–Crippen LogP) is 5.99. The molecule has 0 N–H and O–H groups in total. The van der Waals surface area contributed by atoms with Crippen LogP contribution in [0.3, 0.4) is 0 Å². The van der Waals surface area contributed by atoms with Gasteiger partial charge in [0, 0.05) is 24.6 Å². The van der Waals surface area contributed by atoms with Crippen molar-refractivity contribution >= 4 is 11.9 Å². The summed E-state index contributed by atoms with van der Waals surface area (Å²) in [5, 5.41) is 4.49. The van der Waals surface area contributed by atoms with Crippen molar-refractivity contribution in [1.29, 1.82) is 0 Å². The zero-order valence-electron chi connectivity index (χ0n) is 21.1. The third-order valence-corrected chi connectivity index (χ3v) is 7.08. The molecule has 5 rings (SSSR count). The Morgan fingerprint density at radius 1 is 1.14 bits per heavy atom. The van der Waals surface area contributed by atoms with Gasteiger partial charge in [-0.05, 0) is 61.8 Å². The van der Waals surface area contributed by atoms with E-state index in [4.69, 9.17) is 4.74 Å². The molecule has 2 fully saturated rings. The minimum Gasteiger partial charge on any atom is -0.462 e. The molecule has 6 nitrogen and oxygen atoms in total. The lowest BCUT2D eigenvalue weighted by Crippen LogP contribution is -2.43. The van der Waals surface area contributed by atoms with Gasteiger partial charge in [-0.2, -0.15) is 5.10 Å². The normalized spacial score (nSPS) is 17.2. The van der Waals surface area contributed by atoms with Crippen LogP contribution in [-0.4, -0.2) is 46.3 Å². The van der Waals surface area contributed by atoms with Gasteiger partial charge in [0.25, 0.3) is 5.91 Å². The summed E-state index contributed by atoms with van der Waals surface area (Å²) in [6.07, 6.45) is 5.51. The van der Waals surface area contributed by atoms with Crippen LogP contribution in [0.4, 0.5) is 4.39 Å². The summed E-state index contributed by atoms with van der Waals surface area (Å²) in [4.78, 5) is 27.5. The molecule has 1 amide bonds. The number of benzene rings is 2. The average Bonchev–Trinajstić information content (AvgIpc) is 3.60. The first-order valence-corrected chi connectivity index (χ1v) is 12.7. The van der Waals surface area contributed by atoms with Crippen molar-refractivity contribution < 1.29 is 18.7 Å². The van der Waals surface area contributed by atoms with Crippen LogP contribution in [0.25, 0.3) is 16.8 Å². The van der Waals surface area contributed by atoms with Crippen LogP contribution in [0.15, 0.2) is 48.7 Å². The summed E-state index contributed by atoms with van der Waals surface area (Å²) in [6.45, 7) is 7.63. The van der Waals surface area contributed by atoms with Gasteiger partial charge in [-0.15, -0.1) is 0 Å². The minimum atomic E-state index is -0.516. The van der Waals surface area contributed by atoms with Crippen molar-refractivity contribution in [1.82, 2.24) is 14.7 Å². The van der Waals surface area contributed by atoms with Crippen molar-refractivity contribution in [3.05, 3.63) is 71.3 Å². The molecule has 1 saturated carbocycles. The summed E-state index contributed by atoms with van der Waals surface area (Å²) >= 11 is 0. The van der Waals surface area contributed by atoms with E-state index in [-0.39, 0.29) is 28.8 Å². The molecule has 3 aromatic rings. The van der Waals surface area contributed by atoms with Gasteiger partial charge >= 0.3 is 5.97 Å². The molecule has 188 valence electrons. The standard InChI is InChI=1S/C29H32FN3O3/c1-4-36-28(35)24-17-31-33(26(24)19-12-13-19)21-9-5-8-20(16-21)22-10-6-11-23(25(22)30)27(34)32-15-7-14-29(2,3)18-32/h5-6,8-11,16-17,19H,4,7,12-15,18H2,1-3H3. The molecule has 1 aliphatic heterocycles. The second-order valence-corrected chi connectivity index (χ2v) is 10.6. The van der Waals surface area contributed by atoms with E-state index in [0.29, 0.717) is 36.4 Å². The van der Waals surface area contributed by atoms with Crippen LogP contribution in [-0.2, 0) is 4.74 Å². The molecular formula is C29H32FN3O3. The largest absolute Gasteiger partial charge is 0.462 e. The van der Waals surface area contributed by atoms with Gasteiger partial charge in [0.05, 0.1) is 29.7 Å². The molecule has 0 radical (unpaired) electrons. The molecule has 0 bridgehead atoms. The molecule has 1 aromatic heterocycles. The number of rotatable bonds is 6. The number of carbonyl (C=O) groups is 2. The third-order valence-electron chi connectivity index (χ3n) is 7.08. The summed E-state index contributed by atoms with van der Waals surface area (Å²) in [5.41, 5.74) is 3.19. The highest BCUT2D eigenvalue weighted by Crippen LogP contribution is 2.43. The number of ether oxygens (including phenoxy) is 1. The zero-order valence-corrected chi connectivity index (χ0v) is 21.1. The second-order valence-electron chi connectivity index (χ2n) is 10.6. The van der Waals surface area contributed by atoms with Crippen LogP contribution in [0.2, 0.25) is 0 Å². The van der Waals surface area contributed by atoms with Crippen molar-refractivity contribution in [3.63, 3.8) is 0 Å². The minimum absolute atomic E-state index is 0.0295. The number of esters is 1. The number of piperidine rings is 1. The van der Waals surface area contributed by atoms with Crippen LogP contribution in [0.1, 0.15) is 78.8 Å². The van der Waals surface area contributed by atoms with Crippen molar-refractivity contribution in [2.24, 2.45) is 5.41 Å². The van der Waals surface area contributed by atoms with E-state index < -0.39 is 5.82 Å². The zero-order chi connectivity index (χ0) is 25.4. The smallest absolute Gasteiger partial charge is 0.341 e. The number of nitrogens with zero attached hydrogens (tertiary/aromatic N) is 3. The quantitative estimate of drug-likeness (QED) is 0.399. The van der Waals surface area contributed by atoms with Gasteiger partial charge in [-0.3, -0.25) is 4.79 Å². The highest BCUT2D eigenvalue weighted by atomic mass is 19.1.